The molecule has 1 aromatic rings. The van der Waals surface area contributed by atoms with E-state index in [2.05, 4.69) is 20.7 Å². The summed E-state index contributed by atoms with van der Waals surface area (Å²) in [5, 5.41) is 0.537. The Bertz CT molecular complexity index is 343. The molecule has 0 N–H and O–H groups in total. The lowest BCUT2D eigenvalue weighted by atomic mass is 10.2. The standard InChI is InChI=1S/C10H9BrF4O/c11-5-7-2-1-3-8(4-7)16-6-10(14,15)9(12)13/h1-4,9H,5-6H2. The first-order chi connectivity index (χ1) is 7.45. The number of alkyl halides is 5. The summed E-state index contributed by atoms with van der Waals surface area (Å²) in [5.74, 6) is -3.97. The topological polar surface area (TPSA) is 9.23 Å². The van der Waals surface area contributed by atoms with Gasteiger partial charge >= 0.3 is 12.3 Å². The van der Waals surface area contributed by atoms with Crippen LogP contribution in [-0.2, 0) is 5.33 Å². The van der Waals surface area contributed by atoms with Gasteiger partial charge in [-0.3, -0.25) is 0 Å². The zero-order chi connectivity index (χ0) is 12.2. The largest absolute Gasteiger partial charge is 0.487 e. The molecular weight excluding hydrogens is 292 g/mol. The molecule has 1 aromatic carbocycles. The molecule has 0 saturated carbocycles. The number of hydrogen-bond donors (Lipinski definition) is 0. The van der Waals surface area contributed by atoms with Crippen molar-refractivity contribution >= 4 is 15.9 Å². The van der Waals surface area contributed by atoms with Crippen molar-refractivity contribution < 1.29 is 22.3 Å². The third-order valence-corrected chi connectivity index (χ3v) is 2.45. The molecule has 6 heteroatoms. The Kier molecular flexibility index (Phi) is 4.58. The van der Waals surface area contributed by atoms with Gasteiger partial charge in [-0.05, 0) is 17.7 Å². The Morgan fingerprint density at radius 3 is 2.56 bits per heavy atom. The molecule has 1 nitrogen and oxygen atoms in total. The number of rotatable bonds is 5. The average molecular weight is 301 g/mol. The lowest BCUT2D eigenvalue weighted by molar-refractivity contribution is -0.148. The van der Waals surface area contributed by atoms with Crippen LogP contribution in [0.15, 0.2) is 24.3 Å². The maximum Gasteiger partial charge on any atom is 0.340 e. The number of benzene rings is 1. The highest BCUT2D eigenvalue weighted by molar-refractivity contribution is 9.08. The molecule has 16 heavy (non-hydrogen) atoms. The number of halogens is 5. The molecule has 0 spiro atoms. The van der Waals surface area contributed by atoms with Gasteiger partial charge in [-0.2, -0.15) is 8.78 Å². The summed E-state index contributed by atoms with van der Waals surface area (Å²) >= 11 is 3.18. The summed E-state index contributed by atoms with van der Waals surface area (Å²) in [6.07, 6.45) is -3.72. The maximum atomic E-state index is 12.5. The fourth-order valence-corrected chi connectivity index (χ4v) is 1.31. The van der Waals surface area contributed by atoms with E-state index in [1.807, 2.05) is 0 Å². The highest BCUT2D eigenvalue weighted by Gasteiger charge is 2.41. The fourth-order valence-electron chi connectivity index (χ4n) is 0.961. The molecule has 1 rings (SSSR count). The lowest BCUT2D eigenvalue weighted by Crippen LogP contribution is -2.33. The minimum absolute atomic E-state index is 0.150. The van der Waals surface area contributed by atoms with E-state index in [0.29, 0.717) is 5.33 Å². The number of ether oxygens (including phenoxy) is 1. The van der Waals surface area contributed by atoms with E-state index in [0.717, 1.165) is 5.56 Å². The molecule has 0 saturated heterocycles. The molecule has 0 aliphatic rings. The molecule has 0 aliphatic heterocycles. The van der Waals surface area contributed by atoms with Crippen LogP contribution < -0.4 is 4.74 Å². The van der Waals surface area contributed by atoms with E-state index < -0.39 is 19.0 Å². The zero-order valence-electron chi connectivity index (χ0n) is 8.10. The van der Waals surface area contributed by atoms with Gasteiger partial charge < -0.3 is 4.74 Å². The van der Waals surface area contributed by atoms with Crippen LogP contribution in [0, 0.1) is 0 Å². The first kappa shape index (κ1) is 13.3. The first-order valence-corrected chi connectivity index (χ1v) is 5.51. The van der Waals surface area contributed by atoms with Gasteiger partial charge in [0.25, 0.3) is 0 Å². The van der Waals surface area contributed by atoms with Crippen molar-refractivity contribution in [3.63, 3.8) is 0 Å². The maximum absolute atomic E-state index is 12.5. The molecular formula is C10H9BrF4O. The Morgan fingerprint density at radius 1 is 1.31 bits per heavy atom. The normalized spacial score (nSPS) is 11.9. The minimum atomic E-state index is -4.12. The summed E-state index contributed by atoms with van der Waals surface area (Å²) in [4.78, 5) is 0. The van der Waals surface area contributed by atoms with Crippen molar-refractivity contribution in [3.05, 3.63) is 29.8 Å². The molecule has 0 heterocycles. The van der Waals surface area contributed by atoms with Gasteiger partial charge in [0.1, 0.15) is 5.75 Å². The van der Waals surface area contributed by atoms with Crippen LogP contribution in [0.2, 0.25) is 0 Å². The number of hydrogen-bond acceptors (Lipinski definition) is 1. The molecule has 0 aliphatic carbocycles. The smallest absolute Gasteiger partial charge is 0.340 e. The van der Waals surface area contributed by atoms with Gasteiger partial charge in [-0.1, -0.05) is 28.1 Å². The van der Waals surface area contributed by atoms with Crippen LogP contribution in [0.3, 0.4) is 0 Å². The molecule has 0 unspecified atom stereocenters. The third-order valence-electron chi connectivity index (χ3n) is 1.80. The highest BCUT2D eigenvalue weighted by Crippen LogP contribution is 2.24. The Hall–Kier alpha value is -0.780. The van der Waals surface area contributed by atoms with E-state index in [1.54, 1.807) is 12.1 Å². The second-order valence-corrected chi connectivity index (χ2v) is 3.69. The van der Waals surface area contributed by atoms with Crippen molar-refractivity contribution in [2.24, 2.45) is 0 Å². The fraction of sp³-hybridized carbons (Fsp3) is 0.400. The molecule has 90 valence electrons. The summed E-state index contributed by atoms with van der Waals surface area (Å²) < 4.78 is 53.3. The Labute approximate surface area is 98.5 Å². The quantitative estimate of drug-likeness (QED) is 0.593. The molecule has 0 atom stereocenters. The van der Waals surface area contributed by atoms with Gasteiger partial charge in [-0.15, -0.1) is 0 Å². The molecule has 0 bridgehead atoms. The summed E-state index contributed by atoms with van der Waals surface area (Å²) in [6, 6.07) is 6.31. The van der Waals surface area contributed by atoms with E-state index >= 15 is 0 Å². The van der Waals surface area contributed by atoms with Crippen LogP contribution in [0.25, 0.3) is 0 Å². The second-order valence-electron chi connectivity index (χ2n) is 3.13. The molecule has 0 fully saturated rings. The van der Waals surface area contributed by atoms with Crippen LogP contribution >= 0.6 is 15.9 Å². The van der Waals surface area contributed by atoms with E-state index in [9.17, 15) is 17.6 Å². The molecule has 0 aromatic heterocycles. The predicted octanol–water partition coefficient (Wildman–Crippen LogP) is 3.86. The molecule has 0 amide bonds. The molecule has 0 radical (unpaired) electrons. The Balaban J connectivity index is 2.60. The van der Waals surface area contributed by atoms with E-state index in [4.69, 9.17) is 0 Å². The van der Waals surface area contributed by atoms with Crippen molar-refractivity contribution in [3.8, 4) is 5.75 Å². The Morgan fingerprint density at radius 2 is 2.00 bits per heavy atom. The van der Waals surface area contributed by atoms with Gasteiger partial charge in [0, 0.05) is 5.33 Å². The van der Waals surface area contributed by atoms with E-state index in [1.165, 1.54) is 12.1 Å². The third kappa shape index (κ3) is 3.66. The van der Waals surface area contributed by atoms with Crippen molar-refractivity contribution in [2.75, 3.05) is 6.61 Å². The monoisotopic (exact) mass is 300 g/mol. The van der Waals surface area contributed by atoms with Gasteiger partial charge in [0.15, 0.2) is 6.61 Å². The second kappa shape index (κ2) is 5.52. The van der Waals surface area contributed by atoms with E-state index in [-0.39, 0.29) is 5.75 Å². The van der Waals surface area contributed by atoms with Crippen LogP contribution in [0.4, 0.5) is 17.6 Å². The van der Waals surface area contributed by atoms with Crippen molar-refractivity contribution in [1.29, 1.82) is 0 Å². The average Bonchev–Trinajstić information content (AvgIpc) is 2.26. The van der Waals surface area contributed by atoms with Crippen LogP contribution in [0.1, 0.15) is 5.56 Å². The van der Waals surface area contributed by atoms with Crippen LogP contribution in [0.5, 0.6) is 5.75 Å². The predicted molar refractivity (Wildman–Crippen MR) is 55.5 cm³/mol. The van der Waals surface area contributed by atoms with Gasteiger partial charge in [0.2, 0.25) is 0 Å². The summed E-state index contributed by atoms with van der Waals surface area (Å²) in [6.45, 7) is -1.32. The first-order valence-electron chi connectivity index (χ1n) is 4.39. The minimum Gasteiger partial charge on any atom is -0.487 e. The lowest BCUT2D eigenvalue weighted by Gasteiger charge is -2.16. The SMILES string of the molecule is FC(F)C(F)(F)COc1cccc(CBr)c1. The zero-order valence-corrected chi connectivity index (χ0v) is 9.69. The van der Waals surface area contributed by atoms with Crippen molar-refractivity contribution in [2.45, 2.75) is 17.7 Å². The van der Waals surface area contributed by atoms with Crippen molar-refractivity contribution in [1.82, 2.24) is 0 Å². The highest BCUT2D eigenvalue weighted by atomic mass is 79.9. The van der Waals surface area contributed by atoms with Crippen LogP contribution in [-0.4, -0.2) is 19.0 Å². The summed E-state index contributed by atoms with van der Waals surface area (Å²) in [7, 11) is 0. The van der Waals surface area contributed by atoms with Gasteiger partial charge in [-0.25, -0.2) is 8.78 Å². The summed E-state index contributed by atoms with van der Waals surface area (Å²) in [5.41, 5.74) is 0.817. The van der Waals surface area contributed by atoms with Gasteiger partial charge in [0.05, 0.1) is 0 Å².